The molecule has 122 valence electrons. The van der Waals surface area contributed by atoms with Crippen LogP contribution in [0.4, 0.5) is 0 Å². The first-order valence-electron chi connectivity index (χ1n) is 7.54. The maximum absolute atomic E-state index is 12.7. The van der Waals surface area contributed by atoms with Crippen molar-refractivity contribution in [3.63, 3.8) is 0 Å². The predicted molar refractivity (Wildman–Crippen MR) is 86.0 cm³/mol. The van der Waals surface area contributed by atoms with Crippen LogP contribution in [0.25, 0.3) is 0 Å². The standard InChI is InChI=1S/C16H19N3O3S/c1-23(21,22)15-7-2-5-13(11-15)16(20)18-9-3-6-14(12-18)19-10-4-8-17-19/h2,4-5,7-8,10-11,14H,3,6,9,12H2,1H3/t14-/m0/s1. The van der Waals surface area contributed by atoms with E-state index in [4.69, 9.17) is 0 Å². The van der Waals surface area contributed by atoms with Crippen molar-refractivity contribution < 1.29 is 13.2 Å². The number of rotatable bonds is 3. The number of hydrogen-bond donors (Lipinski definition) is 0. The topological polar surface area (TPSA) is 72.3 Å². The van der Waals surface area contributed by atoms with Crippen molar-refractivity contribution in [2.75, 3.05) is 19.3 Å². The molecule has 0 N–H and O–H groups in total. The summed E-state index contributed by atoms with van der Waals surface area (Å²) in [6.07, 6.45) is 6.67. The number of likely N-dealkylation sites (tertiary alicyclic amines) is 1. The normalized spacial score (nSPS) is 18.8. The Balaban J connectivity index is 1.80. The molecular formula is C16H19N3O3S. The highest BCUT2D eigenvalue weighted by atomic mass is 32.2. The molecule has 0 radical (unpaired) electrons. The minimum absolute atomic E-state index is 0.132. The van der Waals surface area contributed by atoms with Gasteiger partial charge in [0.05, 0.1) is 10.9 Å². The second-order valence-corrected chi connectivity index (χ2v) is 7.85. The number of nitrogens with zero attached hydrogens (tertiary/aromatic N) is 3. The molecule has 0 unspecified atom stereocenters. The van der Waals surface area contributed by atoms with Crippen LogP contribution in [0.5, 0.6) is 0 Å². The van der Waals surface area contributed by atoms with Gasteiger partial charge < -0.3 is 4.90 Å². The number of sulfone groups is 1. The molecule has 1 fully saturated rings. The van der Waals surface area contributed by atoms with E-state index in [1.807, 2.05) is 16.9 Å². The van der Waals surface area contributed by atoms with E-state index < -0.39 is 9.84 Å². The van der Waals surface area contributed by atoms with Gasteiger partial charge in [0.15, 0.2) is 9.84 Å². The molecule has 1 atom stereocenters. The Labute approximate surface area is 135 Å². The van der Waals surface area contributed by atoms with Crippen molar-refractivity contribution in [2.24, 2.45) is 0 Å². The molecule has 0 saturated carbocycles. The third-order valence-electron chi connectivity index (χ3n) is 4.09. The van der Waals surface area contributed by atoms with Crippen LogP contribution >= 0.6 is 0 Å². The van der Waals surface area contributed by atoms with E-state index in [1.165, 1.54) is 12.1 Å². The summed E-state index contributed by atoms with van der Waals surface area (Å²) in [6.45, 7) is 1.27. The van der Waals surface area contributed by atoms with E-state index in [1.54, 1.807) is 23.2 Å². The quantitative estimate of drug-likeness (QED) is 0.858. The smallest absolute Gasteiger partial charge is 0.253 e. The van der Waals surface area contributed by atoms with E-state index in [0.717, 1.165) is 19.1 Å². The third-order valence-corrected chi connectivity index (χ3v) is 5.20. The van der Waals surface area contributed by atoms with Gasteiger partial charge >= 0.3 is 0 Å². The number of aromatic nitrogens is 2. The third kappa shape index (κ3) is 3.44. The van der Waals surface area contributed by atoms with Gasteiger partial charge in [0.2, 0.25) is 0 Å². The summed E-state index contributed by atoms with van der Waals surface area (Å²) < 4.78 is 25.2. The van der Waals surface area contributed by atoms with Crippen LogP contribution in [-0.4, -0.2) is 48.4 Å². The van der Waals surface area contributed by atoms with Gasteiger partial charge in [-0.15, -0.1) is 0 Å². The number of hydrogen-bond acceptors (Lipinski definition) is 4. The molecule has 1 aliphatic heterocycles. The van der Waals surface area contributed by atoms with Crippen molar-refractivity contribution in [3.05, 3.63) is 48.3 Å². The van der Waals surface area contributed by atoms with Crippen LogP contribution < -0.4 is 0 Å². The van der Waals surface area contributed by atoms with Crippen LogP contribution in [0.3, 0.4) is 0 Å². The Bertz CT molecular complexity index is 800. The first-order valence-corrected chi connectivity index (χ1v) is 9.43. The largest absolute Gasteiger partial charge is 0.337 e. The van der Waals surface area contributed by atoms with Gasteiger partial charge in [-0.05, 0) is 37.1 Å². The van der Waals surface area contributed by atoms with Crippen molar-refractivity contribution in [2.45, 2.75) is 23.8 Å². The number of piperidine rings is 1. The summed E-state index contributed by atoms with van der Waals surface area (Å²) >= 11 is 0. The van der Waals surface area contributed by atoms with Gasteiger partial charge in [-0.25, -0.2) is 8.42 Å². The first kappa shape index (κ1) is 15.7. The van der Waals surface area contributed by atoms with Gasteiger partial charge in [-0.1, -0.05) is 6.07 Å². The van der Waals surface area contributed by atoms with E-state index in [0.29, 0.717) is 18.7 Å². The highest BCUT2D eigenvalue weighted by Gasteiger charge is 2.26. The van der Waals surface area contributed by atoms with Crippen LogP contribution in [0, 0.1) is 0 Å². The fraction of sp³-hybridized carbons (Fsp3) is 0.375. The first-order chi connectivity index (χ1) is 10.9. The lowest BCUT2D eigenvalue weighted by molar-refractivity contribution is 0.0672. The van der Waals surface area contributed by atoms with Crippen LogP contribution in [0.2, 0.25) is 0 Å². The molecule has 23 heavy (non-hydrogen) atoms. The molecule has 1 aliphatic rings. The Morgan fingerprint density at radius 1 is 1.30 bits per heavy atom. The summed E-state index contributed by atoms with van der Waals surface area (Å²) in [4.78, 5) is 14.6. The molecule has 1 aromatic carbocycles. The maximum atomic E-state index is 12.7. The molecule has 2 heterocycles. The molecule has 1 saturated heterocycles. The molecule has 0 aliphatic carbocycles. The van der Waals surface area contributed by atoms with Gasteiger partial charge in [-0.3, -0.25) is 9.48 Å². The average molecular weight is 333 g/mol. The zero-order valence-electron chi connectivity index (χ0n) is 12.9. The lowest BCUT2D eigenvalue weighted by atomic mass is 10.0. The second kappa shape index (κ2) is 6.16. The number of carbonyl (C=O) groups excluding carboxylic acids is 1. The summed E-state index contributed by atoms with van der Waals surface area (Å²) in [6, 6.07) is 8.27. The highest BCUT2D eigenvalue weighted by molar-refractivity contribution is 7.90. The minimum atomic E-state index is -3.32. The summed E-state index contributed by atoms with van der Waals surface area (Å²) in [7, 11) is -3.32. The van der Waals surface area contributed by atoms with Gasteiger partial charge in [-0.2, -0.15) is 5.10 Å². The average Bonchev–Trinajstić information content (AvgIpc) is 3.08. The van der Waals surface area contributed by atoms with Crippen LogP contribution in [0.1, 0.15) is 29.2 Å². The molecule has 2 aromatic rings. The maximum Gasteiger partial charge on any atom is 0.253 e. The lowest BCUT2D eigenvalue weighted by Gasteiger charge is -2.33. The Kier molecular flexibility index (Phi) is 4.21. The molecular weight excluding hydrogens is 314 g/mol. The fourth-order valence-corrected chi connectivity index (χ4v) is 3.56. The highest BCUT2D eigenvalue weighted by Crippen LogP contribution is 2.22. The molecule has 0 spiro atoms. The SMILES string of the molecule is CS(=O)(=O)c1cccc(C(=O)N2CCC[C@H](n3cccn3)C2)c1. The zero-order valence-corrected chi connectivity index (χ0v) is 13.7. The number of amides is 1. The zero-order chi connectivity index (χ0) is 16.4. The molecule has 0 bridgehead atoms. The van der Waals surface area contributed by atoms with E-state index in [9.17, 15) is 13.2 Å². The number of benzene rings is 1. The Morgan fingerprint density at radius 2 is 2.13 bits per heavy atom. The van der Waals surface area contributed by atoms with Gasteiger partial charge in [0.25, 0.3) is 5.91 Å². The second-order valence-electron chi connectivity index (χ2n) is 5.83. The van der Waals surface area contributed by atoms with E-state index in [2.05, 4.69) is 5.10 Å². The van der Waals surface area contributed by atoms with Crippen molar-refractivity contribution in [3.8, 4) is 0 Å². The molecule has 3 rings (SSSR count). The lowest BCUT2D eigenvalue weighted by Crippen LogP contribution is -2.40. The molecule has 1 aromatic heterocycles. The van der Waals surface area contributed by atoms with Crippen LogP contribution in [-0.2, 0) is 9.84 Å². The molecule has 1 amide bonds. The number of carbonyl (C=O) groups is 1. The van der Waals surface area contributed by atoms with Crippen molar-refractivity contribution in [1.29, 1.82) is 0 Å². The van der Waals surface area contributed by atoms with E-state index >= 15 is 0 Å². The van der Waals surface area contributed by atoms with Gasteiger partial charge in [0.1, 0.15) is 0 Å². The molecule has 7 heteroatoms. The van der Waals surface area contributed by atoms with Crippen LogP contribution in [0.15, 0.2) is 47.6 Å². The Morgan fingerprint density at radius 3 is 2.83 bits per heavy atom. The van der Waals surface area contributed by atoms with Crippen molar-refractivity contribution in [1.82, 2.24) is 14.7 Å². The van der Waals surface area contributed by atoms with Crippen molar-refractivity contribution >= 4 is 15.7 Å². The summed E-state index contributed by atoms with van der Waals surface area (Å²) in [5, 5.41) is 4.25. The monoisotopic (exact) mass is 333 g/mol. The summed E-state index contributed by atoms with van der Waals surface area (Å²) in [5.74, 6) is -0.132. The van der Waals surface area contributed by atoms with E-state index in [-0.39, 0.29) is 16.8 Å². The minimum Gasteiger partial charge on any atom is -0.337 e. The molecule has 6 nitrogen and oxygen atoms in total. The Hall–Kier alpha value is -2.15. The van der Waals surface area contributed by atoms with Gasteiger partial charge in [0, 0.05) is 37.3 Å². The summed E-state index contributed by atoms with van der Waals surface area (Å²) in [5.41, 5.74) is 0.411. The predicted octanol–water partition coefficient (Wildman–Crippen LogP) is 1.76. The fourth-order valence-electron chi connectivity index (χ4n) is 2.89.